The number of rotatable bonds is 3. The van der Waals surface area contributed by atoms with Crippen molar-refractivity contribution in [1.82, 2.24) is 0 Å². The molecule has 84 valence electrons. The van der Waals surface area contributed by atoms with Gasteiger partial charge in [-0.2, -0.15) is 5.26 Å². The number of hydrogen-bond acceptors (Lipinski definition) is 2. The highest BCUT2D eigenvalue weighted by atomic mass is 14.5. The molecule has 0 aliphatic rings. The zero-order valence-electron chi connectivity index (χ0n) is 9.56. The van der Waals surface area contributed by atoms with Gasteiger partial charge in [0, 0.05) is 6.54 Å². The molecule has 0 amide bonds. The third kappa shape index (κ3) is 2.52. The topological polar surface area (TPSA) is 49.8 Å². The summed E-state index contributed by atoms with van der Waals surface area (Å²) < 4.78 is 0. The first-order valence-corrected chi connectivity index (χ1v) is 5.59. The third-order valence-electron chi connectivity index (χ3n) is 2.76. The SMILES string of the molecule is N#CCc1ccc(-c2ccccc2)c(CN)c1. The van der Waals surface area contributed by atoms with E-state index in [1.165, 1.54) is 0 Å². The van der Waals surface area contributed by atoms with E-state index in [1.54, 1.807) is 0 Å². The smallest absolute Gasteiger partial charge is 0.0669 e. The van der Waals surface area contributed by atoms with Crippen LogP contribution in [0.15, 0.2) is 48.5 Å². The summed E-state index contributed by atoms with van der Waals surface area (Å²) in [5, 5.41) is 8.69. The van der Waals surface area contributed by atoms with Gasteiger partial charge in [0.1, 0.15) is 0 Å². The van der Waals surface area contributed by atoms with Gasteiger partial charge < -0.3 is 5.73 Å². The van der Waals surface area contributed by atoms with E-state index >= 15 is 0 Å². The summed E-state index contributed by atoms with van der Waals surface area (Å²) in [4.78, 5) is 0. The molecule has 2 heteroatoms. The van der Waals surface area contributed by atoms with Crippen molar-refractivity contribution in [2.75, 3.05) is 0 Å². The second kappa shape index (κ2) is 5.29. The molecular weight excluding hydrogens is 208 g/mol. The molecule has 0 aliphatic heterocycles. The van der Waals surface area contributed by atoms with Crippen LogP contribution in [-0.2, 0) is 13.0 Å². The zero-order valence-corrected chi connectivity index (χ0v) is 9.56. The molecule has 0 unspecified atom stereocenters. The Labute approximate surface area is 101 Å². The maximum absolute atomic E-state index is 8.69. The second-order valence-corrected chi connectivity index (χ2v) is 3.90. The van der Waals surface area contributed by atoms with Gasteiger partial charge in [-0.15, -0.1) is 0 Å². The predicted molar refractivity (Wildman–Crippen MR) is 69.1 cm³/mol. The standard InChI is InChI=1S/C15H14N2/c16-9-8-12-6-7-15(14(10-12)11-17)13-4-2-1-3-5-13/h1-7,10H,8,11,17H2. The van der Waals surface area contributed by atoms with Gasteiger partial charge in [-0.25, -0.2) is 0 Å². The number of hydrogen-bond donors (Lipinski definition) is 1. The zero-order chi connectivity index (χ0) is 12.1. The Morgan fingerprint density at radius 1 is 1.06 bits per heavy atom. The van der Waals surface area contributed by atoms with Crippen LogP contribution in [0, 0.1) is 11.3 Å². The lowest BCUT2D eigenvalue weighted by Gasteiger charge is -2.09. The monoisotopic (exact) mass is 222 g/mol. The van der Waals surface area contributed by atoms with Gasteiger partial charge >= 0.3 is 0 Å². The molecule has 0 atom stereocenters. The van der Waals surface area contributed by atoms with Crippen LogP contribution in [0.1, 0.15) is 11.1 Å². The Morgan fingerprint density at radius 2 is 1.82 bits per heavy atom. The summed E-state index contributed by atoms with van der Waals surface area (Å²) in [6.45, 7) is 0.490. The quantitative estimate of drug-likeness (QED) is 0.868. The minimum Gasteiger partial charge on any atom is -0.326 e. The van der Waals surface area contributed by atoms with Crippen molar-refractivity contribution < 1.29 is 0 Å². The maximum Gasteiger partial charge on any atom is 0.0669 e. The predicted octanol–water partition coefficient (Wildman–Crippen LogP) is 2.88. The molecule has 0 aliphatic carbocycles. The number of benzene rings is 2. The van der Waals surface area contributed by atoms with Crippen molar-refractivity contribution in [3.63, 3.8) is 0 Å². The van der Waals surface area contributed by atoms with Crippen molar-refractivity contribution in [1.29, 1.82) is 5.26 Å². The van der Waals surface area contributed by atoms with Crippen molar-refractivity contribution >= 4 is 0 Å². The molecule has 2 nitrogen and oxygen atoms in total. The van der Waals surface area contributed by atoms with E-state index in [1.807, 2.05) is 36.4 Å². The van der Waals surface area contributed by atoms with Crippen molar-refractivity contribution in [3.8, 4) is 17.2 Å². The summed E-state index contributed by atoms with van der Waals surface area (Å²) in [6.07, 6.45) is 0.433. The molecule has 2 rings (SSSR count). The lowest BCUT2D eigenvalue weighted by molar-refractivity contribution is 1.06. The Hall–Kier alpha value is -2.11. The first-order valence-electron chi connectivity index (χ1n) is 5.59. The molecular formula is C15H14N2. The summed E-state index contributed by atoms with van der Waals surface area (Å²) in [5.74, 6) is 0. The van der Waals surface area contributed by atoms with Crippen LogP contribution in [0.4, 0.5) is 0 Å². The lowest BCUT2D eigenvalue weighted by Crippen LogP contribution is -2.00. The fourth-order valence-corrected chi connectivity index (χ4v) is 1.92. The van der Waals surface area contributed by atoms with Crippen LogP contribution in [0.25, 0.3) is 11.1 Å². The van der Waals surface area contributed by atoms with Gasteiger partial charge in [-0.3, -0.25) is 0 Å². The highest BCUT2D eigenvalue weighted by molar-refractivity contribution is 5.67. The minimum absolute atomic E-state index is 0.433. The van der Waals surface area contributed by atoms with Gasteiger partial charge in [0.15, 0.2) is 0 Å². The van der Waals surface area contributed by atoms with Crippen molar-refractivity contribution in [2.24, 2.45) is 5.73 Å². The summed E-state index contributed by atoms with van der Waals surface area (Å²) >= 11 is 0. The second-order valence-electron chi connectivity index (χ2n) is 3.90. The molecule has 0 aromatic heterocycles. The molecule has 0 spiro atoms. The number of nitriles is 1. The van der Waals surface area contributed by atoms with Crippen LogP contribution in [0.3, 0.4) is 0 Å². The fraction of sp³-hybridized carbons (Fsp3) is 0.133. The summed E-state index contributed by atoms with van der Waals surface area (Å²) in [5.41, 5.74) is 10.2. The van der Waals surface area contributed by atoms with Gasteiger partial charge in [0.2, 0.25) is 0 Å². The molecule has 0 radical (unpaired) electrons. The van der Waals surface area contributed by atoms with E-state index in [0.29, 0.717) is 13.0 Å². The molecule has 2 N–H and O–H groups in total. The van der Waals surface area contributed by atoms with Gasteiger partial charge in [0.05, 0.1) is 12.5 Å². The number of nitrogens with zero attached hydrogens (tertiary/aromatic N) is 1. The van der Waals surface area contributed by atoms with E-state index in [-0.39, 0.29) is 0 Å². The van der Waals surface area contributed by atoms with E-state index in [4.69, 9.17) is 11.0 Å². The van der Waals surface area contributed by atoms with Gasteiger partial charge in [0.25, 0.3) is 0 Å². The molecule has 2 aromatic carbocycles. The summed E-state index contributed by atoms with van der Waals surface area (Å²) in [6, 6.07) is 18.4. The third-order valence-corrected chi connectivity index (χ3v) is 2.76. The van der Waals surface area contributed by atoms with E-state index in [2.05, 4.69) is 18.2 Å². The molecule has 0 fully saturated rings. The van der Waals surface area contributed by atoms with Crippen LogP contribution < -0.4 is 5.73 Å². The van der Waals surface area contributed by atoms with E-state index in [0.717, 1.165) is 22.3 Å². The maximum atomic E-state index is 8.69. The van der Waals surface area contributed by atoms with Gasteiger partial charge in [-0.05, 0) is 22.3 Å². The van der Waals surface area contributed by atoms with E-state index < -0.39 is 0 Å². The van der Waals surface area contributed by atoms with Crippen LogP contribution >= 0.6 is 0 Å². The normalized spacial score (nSPS) is 9.88. The Kier molecular flexibility index (Phi) is 3.54. The Bertz CT molecular complexity index is 539. The van der Waals surface area contributed by atoms with Crippen LogP contribution in [0.5, 0.6) is 0 Å². The van der Waals surface area contributed by atoms with E-state index in [9.17, 15) is 0 Å². The molecule has 0 saturated heterocycles. The highest BCUT2D eigenvalue weighted by Gasteiger charge is 2.04. The molecule has 0 bridgehead atoms. The average molecular weight is 222 g/mol. The van der Waals surface area contributed by atoms with Crippen LogP contribution in [0.2, 0.25) is 0 Å². The minimum atomic E-state index is 0.433. The summed E-state index contributed by atoms with van der Waals surface area (Å²) in [7, 11) is 0. The average Bonchev–Trinajstić information content (AvgIpc) is 2.40. The Morgan fingerprint density at radius 3 is 2.47 bits per heavy atom. The van der Waals surface area contributed by atoms with Crippen LogP contribution in [-0.4, -0.2) is 0 Å². The molecule has 17 heavy (non-hydrogen) atoms. The first kappa shape index (κ1) is 11.4. The Balaban J connectivity index is 2.45. The van der Waals surface area contributed by atoms with Gasteiger partial charge in [-0.1, -0.05) is 48.5 Å². The van der Waals surface area contributed by atoms with Crippen molar-refractivity contribution in [3.05, 3.63) is 59.7 Å². The highest BCUT2D eigenvalue weighted by Crippen LogP contribution is 2.24. The molecule has 0 heterocycles. The molecule has 0 saturated carbocycles. The largest absolute Gasteiger partial charge is 0.326 e. The number of nitrogens with two attached hydrogens (primary N) is 1. The van der Waals surface area contributed by atoms with Crippen molar-refractivity contribution in [2.45, 2.75) is 13.0 Å². The first-order chi connectivity index (χ1) is 8.35. The fourth-order valence-electron chi connectivity index (χ4n) is 1.92. The lowest BCUT2D eigenvalue weighted by atomic mass is 9.97. The molecule has 2 aromatic rings.